The van der Waals surface area contributed by atoms with Gasteiger partial charge in [0, 0.05) is 0 Å². The number of amides is 1. The van der Waals surface area contributed by atoms with Crippen molar-refractivity contribution < 1.29 is 13.7 Å². The van der Waals surface area contributed by atoms with Crippen molar-refractivity contribution in [2.45, 2.75) is 6.54 Å². The number of fused-ring (bicyclic) bond motifs is 1. The third kappa shape index (κ3) is 2.30. The van der Waals surface area contributed by atoms with E-state index in [9.17, 15) is 14.0 Å². The van der Waals surface area contributed by atoms with E-state index in [-0.39, 0.29) is 18.1 Å². The zero-order valence-electron chi connectivity index (χ0n) is 10.1. The molecule has 102 valence electrons. The molecule has 0 saturated carbocycles. The van der Waals surface area contributed by atoms with Crippen molar-refractivity contribution >= 4 is 16.9 Å². The van der Waals surface area contributed by atoms with E-state index >= 15 is 0 Å². The van der Waals surface area contributed by atoms with Crippen LogP contribution in [-0.2, 0) is 6.54 Å². The van der Waals surface area contributed by atoms with Gasteiger partial charge < -0.3 is 14.8 Å². The number of aromatic nitrogens is 3. The molecular weight excluding hydrogens is 267 g/mol. The first kappa shape index (κ1) is 12.2. The topological polar surface area (TPSA) is 104 Å². The molecule has 2 heterocycles. The van der Waals surface area contributed by atoms with Gasteiger partial charge in [0.2, 0.25) is 5.76 Å². The highest BCUT2D eigenvalue weighted by Gasteiger charge is 2.11. The quantitative estimate of drug-likeness (QED) is 0.661. The summed E-state index contributed by atoms with van der Waals surface area (Å²) in [4.78, 5) is 29.5. The molecular formula is C12H9FN4O3. The number of carbonyl (C=O) groups is 1. The Hall–Kier alpha value is -2.90. The van der Waals surface area contributed by atoms with Crippen molar-refractivity contribution in [2.75, 3.05) is 0 Å². The van der Waals surface area contributed by atoms with Crippen LogP contribution in [0.3, 0.4) is 0 Å². The molecule has 0 aliphatic heterocycles. The van der Waals surface area contributed by atoms with Gasteiger partial charge in [-0.3, -0.25) is 9.59 Å². The second-order valence-corrected chi connectivity index (χ2v) is 4.10. The van der Waals surface area contributed by atoms with E-state index in [0.717, 1.165) is 6.07 Å². The van der Waals surface area contributed by atoms with Crippen LogP contribution in [0.15, 0.2) is 33.6 Å². The molecule has 2 aromatic heterocycles. The predicted molar refractivity (Wildman–Crippen MR) is 66.6 cm³/mol. The normalized spacial score (nSPS) is 10.8. The lowest BCUT2D eigenvalue weighted by atomic mass is 10.3. The Balaban J connectivity index is 1.73. The van der Waals surface area contributed by atoms with Crippen LogP contribution in [0.2, 0.25) is 0 Å². The molecule has 7 nitrogen and oxygen atoms in total. The average molecular weight is 276 g/mol. The van der Waals surface area contributed by atoms with Crippen LogP contribution in [0.1, 0.15) is 16.4 Å². The maximum Gasteiger partial charge on any atom is 0.290 e. The number of nitrogens with one attached hydrogen (secondary N) is 3. The Morgan fingerprint density at radius 1 is 1.40 bits per heavy atom. The van der Waals surface area contributed by atoms with Crippen LogP contribution < -0.4 is 10.9 Å². The fourth-order valence-corrected chi connectivity index (χ4v) is 1.76. The monoisotopic (exact) mass is 276 g/mol. The van der Waals surface area contributed by atoms with Gasteiger partial charge in [-0.05, 0) is 18.2 Å². The smallest absolute Gasteiger partial charge is 0.290 e. The van der Waals surface area contributed by atoms with E-state index in [2.05, 4.69) is 19.8 Å². The van der Waals surface area contributed by atoms with Crippen LogP contribution in [0, 0.1) is 5.82 Å². The zero-order chi connectivity index (χ0) is 14.1. The summed E-state index contributed by atoms with van der Waals surface area (Å²) in [7, 11) is 0. The van der Waals surface area contributed by atoms with Crippen LogP contribution in [-0.4, -0.2) is 21.0 Å². The molecule has 0 bridgehead atoms. The molecule has 3 aromatic rings. The first-order valence-electron chi connectivity index (χ1n) is 5.73. The van der Waals surface area contributed by atoms with Gasteiger partial charge in [0.05, 0.1) is 23.6 Å². The molecule has 0 atom stereocenters. The fourth-order valence-electron chi connectivity index (χ4n) is 1.76. The van der Waals surface area contributed by atoms with Crippen LogP contribution in [0.25, 0.3) is 11.0 Å². The molecule has 20 heavy (non-hydrogen) atoms. The first-order chi connectivity index (χ1) is 9.61. The van der Waals surface area contributed by atoms with Crippen molar-refractivity contribution in [1.29, 1.82) is 0 Å². The number of rotatable bonds is 3. The third-order valence-corrected chi connectivity index (χ3v) is 2.66. The molecule has 0 saturated heterocycles. The molecule has 0 fully saturated rings. The van der Waals surface area contributed by atoms with Gasteiger partial charge in [0.25, 0.3) is 11.5 Å². The molecule has 0 radical (unpaired) electrons. The molecule has 0 spiro atoms. The highest BCUT2D eigenvalue weighted by molar-refractivity contribution is 5.91. The van der Waals surface area contributed by atoms with Crippen LogP contribution in [0.4, 0.5) is 4.39 Å². The lowest BCUT2D eigenvalue weighted by Gasteiger charge is -1.98. The summed E-state index contributed by atoms with van der Waals surface area (Å²) in [6.07, 6.45) is 0. The third-order valence-electron chi connectivity index (χ3n) is 2.66. The Kier molecular flexibility index (Phi) is 2.82. The summed E-state index contributed by atoms with van der Waals surface area (Å²) in [6, 6.07) is 5.21. The van der Waals surface area contributed by atoms with Gasteiger partial charge >= 0.3 is 0 Å². The van der Waals surface area contributed by atoms with Gasteiger partial charge in [-0.15, -0.1) is 0 Å². The molecule has 1 aromatic carbocycles. The van der Waals surface area contributed by atoms with Gasteiger partial charge in [0.1, 0.15) is 11.6 Å². The SMILES string of the molecule is O=C(NCc1nc2ccc(F)cc2[nH]1)c1cc(=O)[nH]o1. The second-order valence-electron chi connectivity index (χ2n) is 4.10. The van der Waals surface area contributed by atoms with Crippen molar-refractivity contribution in [3.05, 3.63) is 52.0 Å². The Morgan fingerprint density at radius 2 is 2.25 bits per heavy atom. The number of halogens is 1. The minimum atomic E-state index is -0.546. The number of hydrogen-bond donors (Lipinski definition) is 3. The molecule has 0 unspecified atom stereocenters. The zero-order valence-corrected chi connectivity index (χ0v) is 10.1. The molecule has 8 heteroatoms. The first-order valence-corrected chi connectivity index (χ1v) is 5.73. The number of imidazole rings is 1. The summed E-state index contributed by atoms with van der Waals surface area (Å²) in [5, 5.41) is 4.54. The Labute approximate surface area is 110 Å². The van der Waals surface area contributed by atoms with Gasteiger partial charge in [-0.2, -0.15) is 5.16 Å². The lowest BCUT2D eigenvalue weighted by Crippen LogP contribution is -2.23. The number of hydrogen-bond acceptors (Lipinski definition) is 4. The van der Waals surface area contributed by atoms with E-state index in [0.29, 0.717) is 16.9 Å². The van der Waals surface area contributed by atoms with E-state index in [4.69, 9.17) is 0 Å². The maximum atomic E-state index is 13.0. The van der Waals surface area contributed by atoms with E-state index in [1.165, 1.54) is 18.2 Å². The number of nitrogens with zero attached hydrogens (tertiary/aromatic N) is 1. The van der Waals surface area contributed by atoms with Crippen LogP contribution in [0.5, 0.6) is 0 Å². The molecule has 0 aliphatic carbocycles. The Morgan fingerprint density at radius 3 is 3.00 bits per heavy atom. The summed E-state index contributed by atoms with van der Waals surface area (Å²) in [5.41, 5.74) is 0.653. The maximum absolute atomic E-state index is 13.0. The summed E-state index contributed by atoms with van der Waals surface area (Å²) < 4.78 is 17.7. The summed E-state index contributed by atoms with van der Waals surface area (Å²) >= 11 is 0. The molecule has 0 aliphatic rings. The highest BCUT2D eigenvalue weighted by Crippen LogP contribution is 2.12. The van der Waals surface area contributed by atoms with Gasteiger partial charge in [-0.25, -0.2) is 9.37 Å². The summed E-state index contributed by atoms with van der Waals surface area (Å²) in [6.45, 7) is 0.101. The van der Waals surface area contributed by atoms with E-state index in [1.807, 2.05) is 5.16 Å². The number of carbonyl (C=O) groups excluding carboxylic acids is 1. The number of benzene rings is 1. The average Bonchev–Trinajstić information content (AvgIpc) is 3.01. The van der Waals surface area contributed by atoms with E-state index < -0.39 is 11.5 Å². The molecule has 3 N–H and O–H groups in total. The van der Waals surface area contributed by atoms with Gasteiger partial charge in [-0.1, -0.05) is 0 Å². The number of H-pyrrole nitrogens is 2. The Bertz CT molecular complexity index is 832. The van der Waals surface area contributed by atoms with Gasteiger partial charge in [0.15, 0.2) is 0 Å². The van der Waals surface area contributed by atoms with Crippen molar-refractivity contribution in [3.8, 4) is 0 Å². The fraction of sp³-hybridized carbons (Fsp3) is 0.0833. The highest BCUT2D eigenvalue weighted by atomic mass is 19.1. The standard InChI is InChI=1S/C12H9FN4O3/c13-6-1-2-7-8(3-6)16-10(15-7)5-14-12(19)9-4-11(18)17-20-9/h1-4H,5H2,(H,14,19)(H,15,16)(H,17,18). The molecule has 1 amide bonds. The van der Waals surface area contributed by atoms with E-state index in [1.54, 1.807) is 0 Å². The predicted octanol–water partition coefficient (Wildman–Crippen LogP) is 0.913. The van der Waals surface area contributed by atoms with Crippen molar-refractivity contribution in [3.63, 3.8) is 0 Å². The lowest BCUT2D eigenvalue weighted by molar-refractivity contribution is 0.0913. The van der Waals surface area contributed by atoms with Crippen molar-refractivity contribution in [2.24, 2.45) is 0 Å². The van der Waals surface area contributed by atoms with Crippen molar-refractivity contribution in [1.82, 2.24) is 20.4 Å². The summed E-state index contributed by atoms with van der Waals surface area (Å²) in [5.74, 6) is -0.560. The largest absolute Gasteiger partial charge is 0.373 e. The minimum absolute atomic E-state index is 0.101. The molecule has 3 rings (SSSR count). The second kappa shape index (κ2) is 4.65. The minimum Gasteiger partial charge on any atom is -0.373 e. The number of aromatic amines is 2. The van der Waals surface area contributed by atoms with Crippen LogP contribution >= 0.6 is 0 Å².